The Morgan fingerprint density at radius 1 is 0.534 bits per heavy atom. The second-order valence-electron chi connectivity index (χ2n) is 13.4. The zero-order chi connectivity index (χ0) is 42.8. The highest BCUT2D eigenvalue weighted by Crippen LogP contribution is 2.43. The van der Waals surface area contributed by atoms with Gasteiger partial charge in [-0.2, -0.15) is 0 Å². The van der Waals surface area contributed by atoms with Gasteiger partial charge < -0.3 is 25.2 Å². The van der Waals surface area contributed by atoms with Crippen molar-refractivity contribution in [3.8, 4) is 0 Å². The Morgan fingerprint density at radius 3 is 1.43 bits per heavy atom. The average molecular weight is 830 g/mol. The van der Waals surface area contributed by atoms with Crippen LogP contribution in [-0.2, 0) is 37.5 Å². The van der Waals surface area contributed by atoms with Crippen molar-refractivity contribution in [1.82, 2.24) is 0 Å². The summed E-state index contributed by atoms with van der Waals surface area (Å²) in [6, 6.07) is -1.54. The summed E-state index contributed by atoms with van der Waals surface area (Å²) in [4.78, 5) is 45.9. The van der Waals surface area contributed by atoms with Crippen molar-refractivity contribution >= 4 is 25.7 Å². The van der Waals surface area contributed by atoms with Crippen LogP contribution in [0.25, 0.3) is 0 Å². The summed E-state index contributed by atoms with van der Waals surface area (Å²) in [5.41, 5.74) is 5.32. The van der Waals surface area contributed by atoms with Crippen molar-refractivity contribution in [3.63, 3.8) is 0 Å². The Bertz CT molecular complexity index is 1390. The van der Waals surface area contributed by atoms with Gasteiger partial charge in [0.25, 0.3) is 0 Å². The van der Waals surface area contributed by atoms with E-state index in [-0.39, 0.29) is 12.8 Å². The molecule has 0 aliphatic carbocycles. The summed E-state index contributed by atoms with van der Waals surface area (Å²) >= 11 is 0. The topological polar surface area (TPSA) is 172 Å². The van der Waals surface area contributed by atoms with Crippen LogP contribution in [0.3, 0.4) is 0 Å². The molecule has 11 nitrogen and oxygen atoms in total. The highest BCUT2D eigenvalue weighted by Gasteiger charge is 2.28. The van der Waals surface area contributed by atoms with Crippen LogP contribution in [0.5, 0.6) is 0 Å². The van der Waals surface area contributed by atoms with E-state index in [0.29, 0.717) is 12.8 Å². The number of esters is 2. The zero-order valence-electron chi connectivity index (χ0n) is 35.1. The van der Waals surface area contributed by atoms with E-state index in [9.17, 15) is 23.8 Å². The minimum atomic E-state index is -4.74. The molecule has 0 aliphatic rings. The van der Waals surface area contributed by atoms with Crippen LogP contribution in [-0.4, -0.2) is 59.9 Å². The molecule has 0 heterocycles. The van der Waals surface area contributed by atoms with Gasteiger partial charge >= 0.3 is 25.7 Å². The van der Waals surface area contributed by atoms with Gasteiger partial charge in [-0.3, -0.25) is 23.4 Å². The van der Waals surface area contributed by atoms with E-state index < -0.39 is 57.7 Å². The Balaban J connectivity index is 4.56. The molecule has 4 N–H and O–H groups in total. The quantitative estimate of drug-likeness (QED) is 0.0235. The average Bonchev–Trinajstić information content (AvgIpc) is 3.20. The largest absolute Gasteiger partial charge is 0.480 e. The molecular formula is C46H72NO10P. The molecule has 0 aromatic carbocycles. The number of hydrogen-bond acceptors (Lipinski definition) is 9. The number of allylic oxidation sites excluding steroid dienone is 18. The Labute approximate surface area is 348 Å². The van der Waals surface area contributed by atoms with Gasteiger partial charge in [-0.25, -0.2) is 4.57 Å². The number of carbonyl (C=O) groups is 3. The van der Waals surface area contributed by atoms with E-state index in [2.05, 4.69) is 116 Å². The molecule has 0 amide bonds. The Morgan fingerprint density at radius 2 is 0.948 bits per heavy atom. The van der Waals surface area contributed by atoms with E-state index >= 15 is 0 Å². The van der Waals surface area contributed by atoms with E-state index in [1.165, 1.54) is 0 Å². The molecular weight excluding hydrogens is 757 g/mol. The minimum absolute atomic E-state index is 0.0855. The minimum Gasteiger partial charge on any atom is -0.480 e. The van der Waals surface area contributed by atoms with Crippen LogP contribution in [0.4, 0.5) is 0 Å². The van der Waals surface area contributed by atoms with Crippen LogP contribution in [0.2, 0.25) is 0 Å². The first-order valence-electron chi connectivity index (χ1n) is 20.9. The lowest BCUT2D eigenvalue weighted by Gasteiger charge is -2.20. The molecule has 0 saturated heterocycles. The summed E-state index contributed by atoms with van der Waals surface area (Å²) < 4.78 is 32.6. The predicted molar refractivity (Wildman–Crippen MR) is 235 cm³/mol. The van der Waals surface area contributed by atoms with Crippen molar-refractivity contribution in [3.05, 3.63) is 109 Å². The van der Waals surface area contributed by atoms with E-state index in [1.54, 1.807) is 0 Å². The number of nitrogens with two attached hydrogens (primary N) is 1. The number of phosphoric acid groups is 1. The summed E-state index contributed by atoms with van der Waals surface area (Å²) in [5, 5.41) is 8.88. The number of unbranched alkanes of at least 4 members (excludes halogenated alkanes) is 5. The molecule has 0 aromatic rings. The maximum absolute atomic E-state index is 12.6. The van der Waals surface area contributed by atoms with Gasteiger partial charge in [-0.05, 0) is 83.5 Å². The van der Waals surface area contributed by atoms with Gasteiger partial charge in [-0.15, -0.1) is 0 Å². The molecule has 1 unspecified atom stereocenters. The molecule has 58 heavy (non-hydrogen) atoms. The van der Waals surface area contributed by atoms with Crippen LogP contribution in [0.1, 0.15) is 129 Å². The first-order valence-corrected chi connectivity index (χ1v) is 22.4. The first kappa shape index (κ1) is 54.1. The van der Waals surface area contributed by atoms with Crippen LogP contribution in [0.15, 0.2) is 109 Å². The normalized spacial score (nSPS) is 14.8. The number of hydrogen-bond donors (Lipinski definition) is 3. The number of rotatable bonds is 37. The molecule has 3 atom stereocenters. The van der Waals surface area contributed by atoms with E-state index in [0.717, 1.165) is 89.9 Å². The van der Waals surface area contributed by atoms with Gasteiger partial charge in [0.05, 0.1) is 13.2 Å². The molecule has 0 radical (unpaired) electrons. The number of ether oxygens (including phenoxy) is 2. The highest BCUT2D eigenvalue weighted by molar-refractivity contribution is 7.47. The van der Waals surface area contributed by atoms with Gasteiger partial charge in [0, 0.05) is 12.8 Å². The van der Waals surface area contributed by atoms with Crippen LogP contribution in [0, 0.1) is 0 Å². The molecule has 0 rings (SSSR count). The predicted octanol–water partition coefficient (Wildman–Crippen LogP) is 11.1. The molecule has 0 aromatic heterocycles. The van der Waals surface area contributed by atoms with Gasteiger partial charge in [0.2, 0.25) is 0 Å². The highest BCUT2D eigenvalue weighted by atomic mass is 31.2. The lowest BCUT2D eigenvalue weighted by molar-refractivity contribution is -0.161. The van der Waals surface area contributed by atoms with Crippen LogP contribution >= 0.6 is 7.82 Å². The first-order chi connectivity index (χ1) is 28.1. The fourth-order valence-electron chi connectivity index (χ4n) is 4.81. The molecule has 0 saturated carbocycles. The molecule has 326 valence electrons. The number of phosphoric ester groups is 1. The third kappa shape index (κ3) is 39.0. The molecule has 0 aliphatic heterocycles. The number of carboxylic acid groups (broad SMARTS) is 1. The van der Waals surface area contributed by atoms with Crippen molar-refractivity contribution in [2.45, 2.75) is 142 Å². The second kappa shape index (κ2) is 39.9. The van der Waals surface area contributed by atoms with Crippen molar-refractivity contribution in [2.75, 3.05) is 19.8 Å². The fourth-order valence-corrected chi connectivity index (χ4v) is 5.59. The number of carbonyl (C=O) groups excluding carboxylic acids is 2. The summed E-state index contributed by atoms with van der Waals surface area (Å²) in [6.07, 6.45) is 51.7. The third-order valence-corrected chi connectivity index (χ3v) is 8.98. The van der Waals surface area contributed by atoms with Gasteiger partial charge in [-0.1, -0.05) is 142 Å². The van der Waals surface area contributed by atoms with Crippen molar-refractivity contribution in [2.24, 2.45) is 5.73 Å². The maximum atomic E-state index is 12.6. The summed E-state index contributed by atoms with van der Waals surface area (Å²) in [6.45, 7) is 2.45. The molecule has 0 spiro atoms. The third-order valence-electron chi connectivity index (χ3n) is 8.03. The van der Waals surface area contributed by atoms with E-state index in [4.69, 9.17) is 24.8 Å². The smallest absolute Gasteiger partial charge is 0.472 e. The van der Waals surface area contributed by atoms with Crippen molar-refractivity contribution < 1.29 is 47.5 Å². The molecule has 12 heteroatoms. The van der Waals surface area contributed by atoms with Gasteiger partial charge in [0.1, 0.15) is 12.6 Å². The Kier molecular flexibility index (Phi) is 37.3. The molecule has 0 bridgehead atoms. The summed E-state index contributed by atoms with van der Waals surface area (Å²) in [5.74, 6) is -2.53. The zero-order valence-corrected chi connectivity index (χ0v) is 36.0. The fraction of sp³-hybridized carbons (Fsp3) is 0.543. The lowest BCUT2D eigenvalue weighted by Crippen LogP contribution is -2.34. The SMILES string of the molecule is CC/C=C\C/C=C\C/C=C\C/C=C\C/C=C\C/C=C\CCC(=O)OC[C@H](COP(=O)(O)OC[C@H](N)C(=O)O)OC(=O)CCCCCCC/C=C\C/C=C\C/C=C\CC. The van der Waals surface area contributed by atoms with Gasteiger partial charge in [0.15, 0.2) is 6.10 Å². The molecule has 0 fully saturated rings. The monoisotopic (exact) mass is 829 g/mol. The maximum Gasteiger partial charge on any atom is 0.472 e. The lowest BCUT2D eigenvalue weighted by atomic mass is 10.1. The second-order valence-corrected chi connectivity index (χ2v) is 14.8. The van der Waals surface area contributed by atoms with Crippen molar-refractivity contribution in [1.29, 1.82) is 0 Å². The number of carboxylic acids is 1. The van der Waals surface area contributed by atoms with E-state index in [1.807, 2.05) is 12.2 Å². The Hall–Kier alpha value is -3.86. The summed E-state index contributed by atoms with van der Waals surface area (Å²) in [7, 11) is -4.74. The van der Waals surface area contributed by atoms with Crippen LogP contribution < -0.4 is 5.73 Å². The number of aliphatic carboxylic acids is 1. The standard InChI is InChI=1S/C46H72NO10P/c1-3-5-7-9-11-13-15-17-19-20-21-22-24-25-27-29-31-33-35-37-44(48)54-39-42(40-55-58(52,53)56-41-43(47)46(50)51)57-45(49)38-36-34-32-30-28-26-23-18-16-14-12-10-8-6-4-2/h5-8,11-14,17-19,21-23,25,27,31,33,42-43H,3-4,9-10,15-16,20,24,26,28-30,32,34-41,47H2,1-2H3,(H,50,51)(H,52,53)/b7-5-,8-6-,13-11-,14-12-,19-17-,22-21-,23-18-,27-25-,33-31-/t42-,43+/m1/s1.